The van der Waals surface area contributed by atoms with E-state index in [-0.39, 0.29) is 29.8 Å². The number of H-pyrrole nitrogens is 1. The molecule has 0 aliphatic carbocycles. The highest BCUT2D eigenvalue weighted by atomic mass is 16.2. The molecule has 0 unspecified atom stereocenters. The fraction of sp³-hybridized carbons (Fsp3) is 0.706. The first-order valence-electron chi connectivity index (χ1n) is 8.76. The number of rotatable bonds is 9. The third kappa shape index (κ3) is 5.65. The minimum atomic E-state index is -0.504. The van der Waals surface area contributed by atoms with Gasteiger partial charge in [0.25, 0.3) is 5.56 Å². The Morgan fingerprint density at radius 2 is 1.88 bits per heavy atom. The summed E-state index contributed by atoms with van der Waals surface area (Å²) < 4.78 is 1.40. The van der Waals surface area contributed by atoms with Crippen LogP contribution >= 0.6 is 0 Å². The number of hydrogen-bond donors (Lipinski definition) is 2. The van der Waals surface area contributed by atoms with Crippen molar-refractivity contribution in [1.82, 2.24) is 14.5 Å². The molecule has 0 fully saturated rings. The molecule has 1 aromatic heterocycles. The lowest BCUT2D eigenvalue weighted by Gasteiger charge is -2.26. The SMILES string of the molecule is CCCCN(CCC(=O)N(C)C)c1c(N)n(CC(C)C)c(=O)[nH]c1=O. The van der Waals surface area contributed by atoms with Gasteiger partial charge < -0.3 is 15.5 Å². The third-order valence-electron chi connectivity index (χ3n) is 3.95. The lowest BCUT2D eigenvalue weighted by atomic mass is 10.2. The number of anilines is 2. The number of aromatic nitrogens is 2. The summed E-state index contributed by atoms with van der Waals surface area (Å²) >= 11 is 0. The molecule has 8 nitrogen and oxygen atoms in total. The van der Waals surface area contributed by atoms with Crippen LogP contribution in [0.3, 0.4) is 0 Å². The molecular formula is C17H31N5O3. The number of carbonyl (C=O) groups excluding carboxylic acids is 1. The maximum Gasteiger partial charge on any atom is 0.330 e. The average Bonchev–Trinajstić information content (AvgIpc) is 2.52. The molecule has 0 aliphatic rings. The second-order valence-electron chi connectivity index (χ2n) is 6.88. The molecule has 1 rings (SSSR count). The van der Waals surface area contributed by atoms with Crippen LogP contribution in [0, 0.1) is 5.92 Å². The van der Waals surface area contributed by atoms with Crippen molar-refractivity contribution in [1.29, 1.82) is 0 Å². The molecule has 25 heavy (non-hydrogen) atoms. The van der Waals surface area contributed by atoms with Crippen molar-refractivity contribution in [2.75, 3.05) is 37.8 Å². The van der Waals surface area contributed by atoms with Gasteiger partial charge in [0, 0.05) is 40.2 Å². The van der Waals surface area contributed by atoms with Crippen LogP contribution in [-0.4, -0.2) is 47.5 Å². The van der Waals surface area contributed by atoms with Gasteiger partial charge in [-0.3, -0.25) is 19.1 Å². The molecule has 0 radical (unpaired) electrons. The van der Waals surface area contributed by atoms with E-state index in [9.17, 15) is 14.4 Å². The number of nitrogens with zero attached hydrogens (tertiary/aromatic N) is 3. The van der Waals surface area contributed by atoms with Crippen LogP contribution in [0.4, 0.5) is 11.5 Å². The van der Waals surface area contributed by atoms with Crippen molar-refractivity contribution < 1.29 is 4.79 Å². The van der Waals surface area contributed by atoms with Gasteiger partial charge >= 0.3 is 5.69 Å². The second-order valence-corrected chi connectivity index (χ2v) is 6.88. The van der Waals surface area contributed by atoms with Gasteiger partial charge in [0.05, 0.1) is 0 Å². The summed E-state index contributed by atoms with van der Waals surface area (Å²) in [6.45, 7) is 7.40. The van der Waals surface area contributed by atoms with Crippen molar-refractivity contribution in [2.24, 2.45) is 5.92 Å². The van der Waals surface area contributed by atoms with Crippen molar-refractivity contribution >= 4 is 17.4 Å². The van der Waals surface area contributed by atoms with Gasteiger partial charge in [0.15, 0.2) is 0 Å². The van der Waals surface area contributed by atoms with Gasteiger partial charge in [-0.1, -0.05) is 27.2 Å². The summed E-state index contributed by atoms with van der Waals surface area (Å²) in [5, 5.41) is 0. The van der Waals surface area contributed by atoms with Crippen LogP contribution < -0.4 is 21.9 Å². The quantitative estimate of drug-likeness (QED) is 0.685. The Labute approximate surface area is 148 Å². The van der Waals surface area contributed by atoms with Gasteiger partial charge in [-0.15, -0.1) is 0 Å². The van der Waals surface area contributed by atoms with Crippen molar-refractivity contribution in [3.63, 3.8) is 0 Å². The van der Waals surface area contributed by atoms with E-state index in [1.807, 2.05) is 18.7 Å². The molecule has 0 spiro atoms. The van der Waals surface area contributed by atoms with Crippen LogP contribution in [0.2, 0.25) is 0 Å². The van der Waals surface area contributed by atoms with E-state index in [2.05, 4.69) is 11.9 Å². The highest BCUT2D eigenvalue weighted by Gasteiger charge is 2.20. The van der Waals surface area contributed by atoms with Gasteiger partial charge in [-0.05, 0) is 12.3 Å². The number of nitrogen functional groups attached to an aromatic ring is 1. The highest BCUT2D eigenvalue weighted by molar-refractivity contribution is 5.76. The van der Waals surface area contributed by atoms with Gasteiger partial charge in [0.1, 0.15) is 11.5 Å². The van der Waals surface area contributed by atoms with Gasteiger partial charge in [0.2, 0.25) is 5.91 Å². The molecule has 142 valence electrons. The van der Waals surface area contributed by atoms with Gasteiger partial charge in [-0.2, -0.15) is 0 Å². The standard InChI is InChI=1S/C17H31N5O3/c1-6-7-9-21(10-8-13(23)20(4)5)14-15(18)22(11-12(2)3)17(25)19-16(14)24/h12H,6-11,18H2,1-5H3,(H,19,24,25). The molecular weight excluding hydrogens is 322 g/mol. The fourth-order valence-corrected chi connectivity index (χ4v) is 2.57. The molecule has 0 aromatic carbocycles. The van der Waals surface area contributed by atoms with Crippen LogP contribution in [-0.2, 0) is 11.3 Å². The molecule has 0 saturated carbocycles. The smallest absolute Gasteiger partial charge is 0.330 e. The maximum absolute atomic E-state index is 12.4. The van der Waals surface area contributed by atoms with Gasteiger partial charge in [-0.25, -0.2) is 4.79 Å². The van der Waals surface area contributed by atoms with E-state index in [4.69, 9.17) is 5.73 Å². The van der Waals surface area contributed by atoms with E-state index in [1.165, 1.54) is 9.47 Å². The number of nitrogens with one attached hydrogen (secondary N) is 1. The Morgan fingerprint density at radius 3 is 2.40 bits per heavy atom. The zero-order chi connectivity index (χ0) is 19.1. The van der Waals surface area contributed by atoms with Crippen LogP contribution in [0.25, 0.3) is 0 Å². The van der Waals surface area contributed by atoms with Crippen molar-refractivity contribution in [2.45, 2.75) is 46.6 Å². The predicted octanol–water partition coefficient (Wildman–Crippen LogP) is 0.860. The molecule has 0 atom stereocenters. The number of unbranched alkanes of at least 4 members (excludes halogenated alkanes) is 1. The Bertz CT molecular complexity index is 691. The Hall–Kier alpha value is -2.25. The monoisotopic (exact) mass is 353 g/mol. The normalized spacial score (nSPS) is 11.0. The third-order valence-corrected chi connectivity index (χ3v) is 3.95. The first-order chi connectivity index (χ1) is 11.7. The molecule has 3 N–H and O–H groups in total. The van der Waals surface area contributed by atoms with Crippen LogP contribution in [0.1, 0.15) is 40.0 Å². The number of amides is 1. The average molecular weight is 353 g/mol. The van der Waals surface area contributed by atoms with E-state index in [1.54, 1.807) is 14.1 Å². The number of aromatic amines is 1. The zero-order valence-corrected chi connectivity index (χ0v) is 16.0. The first kappa shape index (κ1) is 20.8. The molecule has 8 heteroatoms. The molecule has 1 aromatic rings. The van der Waals surface area contributed by atoms with Crippen LogP contribution in [0.15, 0.2) is 9.59 Å². The summed E-state index contributed by atoms with van der Waals surface area (Å²) in [5.74, 6) is 0.348. The van der Waals surface area contributed by atoms with Crippen LogP contribution in [0.5, 0.6) is 0 Å². The Kier molecular flexibility index (Phi) is 7.73. The highest BCUT2D eigenvalue weighted by Crippen LogP contribution is 2.18. The maximum atomic E-state index is 12.4. The largest absolute Gasteiger partial charge is 0.383 e. The first-order valence-corrected chi connectivity index (χ1v) is 8.76. The summed E-state index contributed by atoms with van der Waals surface area (Å²) in [5.41, 5.74) is 5.45. The lowest BCUT2D eigenvalue weighted by molar-refractivity contribution is -0.128. The molecule has 0 bridgehead atoms. The lowest BCUT2D eigenvalue weighted by Crippen LogP contribution is -2.40. The van der Waals surface area contributed by atoms with E-state index < -0.39 is 11.2 Å². The topological polar surface area (TPSA) is 104 Å². The summed E-state index contributed by atoms with van der Waals surface area (Å²) in [7, 11) is 3.39. The minimum Gasteiger partial charge on any atom is -0.383 e. The van der Waals surface area contributed by atoms with E-state index >= 15 is 0 Å². The molecule has 0 saturated heterocycles. The summed E-state index contributed by atoms with van der Waals surface area (Å²) in [6.07, 6.45) is 2.08. The zero-order valence-electron chi connectivity index (χ0n) is 16.0. The summed E-state index contributed by atoms with van der Waals surface area (Å²) in [6, 6.07) is 0. The van der Waals surface area contributed by atoms with E-state index in [0.29, 0.717) is 19.6 Å². The predicted molar refractivity (Wildman–Crippen MR) is 101 cm³/mol. The Morgan fingerprint density at radius 1 is 1.24 bits per heavy atom. The van der Waals surface area contributed by atoms with Crippen molar-refractivity contribution in [3.05, 3.63) is 20.8 Å². The Balaban J connectivity index is 3.25. The minimum absolute atomic E-state index is 0.0213. The fourth-order valence-electron chi connectivity index (χ4n) is 2.57. The molecule has 1 amide bonds. The summed E-state index contributed by atoms with van der Waals surface area (Å²) in [4.78, 5) is 42.1. The van der Waals surface area contributed by atoms with Crippen molar-refractivity contribution in [3.8, 4) is 0 Å². The van der Waals surface area contributed by atoms with E-state index in [0.717, 1.165) is 12.8 Å². The molecule has 1 heterocycles. The number of carbonyl (C=O) groups is 1. The molecule has 0 aliphatic heterocycles. The number of nitrogens with two attached hydrogens (primary N) is 1. The number of hydrogen-bond acceptors (Lipinski definition) is 5. The second kappa shape index (κ2) is 9.29.